The van der Waals surface area contributed by atoms with E-state index in [1.807, 2.05) is 18.2 Å². The summed E-state index contributed by atoms with van der Waals surface area (Å²) in [7, 11) is 0. The molecule has 1 saturated heterocycles. The van der Waals surface area contributed by atoms with Gasteiger partial charge in [-0.25, -0.2) is 4.79 Å². The van der Waals surface area contributed by atoms with E-state index in [0.29, 0.717) is 37.7 Å². The highest BCUT2D eigenvalue weighted by Gasteiger charge is 2.34. The number of nitrogens with one attached hydrogen (secondary N) is 3. The largest absolute Gasteiger partial charge is 0.485 e. The van der Waals surface area contributed by atoms with Crippen molar-refractivity contribution in [2.45, 2.75) is 37.8 Å². The summed E-state index contributed by atoms with van der Waals surface area (Å²) in [6.07, 6.45) is 3.55. The van der Waals surface area contributed by atoms with Gasteiger partial charge in [-0.3, -0.25) is 14.9 Å². The minimum Gasteiger partial charge on any atom is -0.485 e. The molecule has 9 heteroatoms. The van der Waals surface area contributed by atoms with E-state index >= 15 is 0 Å². The van der Waals surface area contributed by atoms with Gasteiger partial charge in [-0.05, 0) is 25.0 Å². The van der Waals surface area contributed by atoms with Crippen LogP contribution in [0.3, 0.4) is 0 Å². The quantitative estimate of drug-likeness (QED) is 0.603. The molecule has 1 atom stereocenters. The predicted octanol–water partition coefficient (Wildman–Crippen LogP) is -0.678. The van der Waals surface area contributed by atoms with Crippen molar-refractivity contribution in [1.82, 2.24) is 15.5 Å². The number of quaternary nitrogens is 1. The topological polar surface area (TPSA) is 101 Å². The Morgan fingerprint density at radius 2 is 1.77 bits per heavy atom. The Kier molecular flexibility index (Phi) is 6.37. The summed E-state index contributed by atoms with van der Waals surface area (Å²) in [4.78, 5) is 39.7. The Hall–Kier alpha value is -2.81. The summed E-state index contributed by atoms with van der Waals surface area (Å²) >= 11 is 0. The zero-order valence-corrected chi connectivity index (χ0v) is 17.0. The minimum absolute atomic E-state index is 0.0936. The molecule has 0 aromatic heterocycles. The monoisotopic (exact) mass is 417 g/mol. The van der Waals surface area contributed by atoms with Gasteiger partial charge in [0.1, 0.15) is 6.61 Å². The first-order valence-corrected chi connectivity index (χ1v) is 10.7. The molecule has 0 spiro atoms. The van der Waals surface area contributed by atoms with Crippen molar-refractivity contribution >= 4 is 17.8 Å². The number of fused-ring (bicyclic) bond motifs is 1. The van der Waals surface area contributed by atoms with E-state index < -0.39 is 12.1 Å². The van der Waals surface area contributed by atoms with Gasteiger partial charge in [0.15, 0.2) is 18.0 Å². The number of amides is 4. The Bertz CT molecular complexity index is 787. The van der Waals surface area contributed by atoms with Crippen LogP contribution in [-0.4, -0.2) is 74.2 Å². The zero-order chi connectivity index (χ0) is 20.9. The Morgan fingerprint density at radius 1 is 1.07 bits per heavy atom. The lowest BCUT2D eigenvalue weighted by atomic mass is 10.2. The van der Waals surface area contributed by atoms with Gasteiger partial charge in [0.2, 0.25) is 6.10 Å². The molecule has 3 N–H and O–H groups in total. The van der Waals surface area contributed by atoms with Gasteiger partial charge in [0, 0.05) is 6.04 Å². The standard InChI is InChI=1S/C21H28N4O5/c26-19(23-21(28)22-15-5-1-2-6-15)13-24-9-11-25(12-10-24)20(27)18-14-29-16-7-3-4-8-17(16)30-18/h3-4,7-8,15,18H,1-2,5-6,9-14H2,(H2,22,23,26,28)/p+1/t18-/m0/s1. The van der Waals surface area contributed by atoms with Crippen LogP contribution in [0.15, 0.2) is 24.3 Å². The first kappa shape index (κ1) is 20.5. The molecule has 0 radical (unpaired) electrons. The maximum Gasteiger partial charge on any atom is 0.321 e. The van der Waals surface area contributed by atoms with Gasteiger partial charge in [-0.15, -0.1) is 0 Å². The number of urea groups is 1. The van der Waals surface area contributed by atoms with Crippen molar-refractivity contribution < 1.29 is 28.8 Å². The van der Waals surface area contributed by atoms with Crippen LogP contribution in [0.1, 0.15) is 25.7 Å². The maximum absolute atomic E-state index is 12.8. The Labute approximate surface area is 175 Å². The second-order valence-electron chi connectivity index (χ2n) is 8.12. The summed E-state index contributed by atoms with van der Waals surface area (Å²) in [5.41, 5.74) is 0. The lowest BCUT2D eigenvalue weighted by molar-refractivity contribution is -0.896. The number of hydrogen-bond donors (Lipinski definition) is 3. The molecule has 1 aromatic rings. The van der Waals surface area contributed by atoms with Gasteiger partial charge in [-0.1, -0.05) is 25.0 Å². The fraction of sp³-hybridized carbons (Fsp3) is 0.571. The maximum atomic E-state index is 12.8. The SMILES string of the molecule is O=C(C[NH+]1CCN(C(=O)[C@@H]2COc3ccccc3O2)CC1)NC(=O)NC1CCCC1. The molecule has 4 amide bonds. The molecular formula is C21H29N4O5+. The van der Waals surface area contributed by atoms with E-state index in [1.165, 1.54) is 0 Å². The zero-order valence-electron chi connectivity index (χ0n) is 17.0. The van der Waals surface area contributed by atoms with Crippen LogP contribution in [-0.2, 0) is 9.59 Å². The highest BCUT2D eigenvalue weighted by molar-refractivity contribution is 5.94. The van der Waals surface area contributed by atoms with E-state index in [9.17, 15) is 14.4 Å². The molecule has 2 heterocycles. The van der Waals surface area contributed by atoms with E-state index in [1.54, 1.807) is 11.0 Å². The summed E-state index contributed by atoms with van der Waals surface area (Å²) < 4.78 is 11.4. The third-order valence-electron chi connectivity index (χ3n) is 5.92. The number of benzene rings is 1. The Balaban J connectivity index is 1.19. The third-order valence-corrected chi connectivity index (χ3v) is 5.92. The average Bonchev–Trinajstić information content (AvgIpc) is 3.26. The number of para-hydroxylation sites is 2. The average molecular weight is 417 g/mol. The Morgan fingerprint density at radius 3 is 2.50 bits per heavy atom. The van der Waals surface area contributed by atoms with Gasteiger partial charge in [0.25, 0.3) is 11.8 Å². The van der Waals surface area contributed by atoms with Crippen molar-refractivity contribution in [2.24, 2.45) is 0 Å². The predicted molar refractivity (Wildman–Crippen MR) is 107 cm³/mol. The molecule has 0 bridgehead atoms. The summed E-state index contributed by atoms with van der Waals surface area (Å²) in [5.74, 6) is 0.850. The lowest BCUT2D eigenvalue weighted by Gasteiger charge is -2.35. The third kappa shape index (κ3) is 5.02. The molecule has 1 saturated carbocycles. The second kappa shape index (κ2) is 9.34. The number of carbonyl (C=O) groups excluding carboxylic acids is 3. The van der Waals surface area contributed by atoms with Crippen molar-refractivity contribution in [3.05, 3.63) is 24.3 Å². The molecule has 1 aliphatic carbocycles. The number of imide groups is 1. The van der Waals surface area contributed by atoms with Crippen molar-refractivity contribution in [3.8, 4) is 11.5 Å². The second-order valence-corrected chi connectivity index (χ2v) is 8.12. The number of hydrogen-bond acceptors (Lipinski definition) is 5. The molecule has 30 heavy (non-hydrogen) atoms. The fourth-order valence-electron chi connectivity index (χ4n) is 4.25. The smallest absolute Gasteiger partial charge is 0.321 e. The molecule has 162 valence electrons. The lowest BCUT2D eigenvalue weighted by Crippen LogP contribution is -3.16. The van der Waals surface area contributed by atoms with E-state index in [-0.39, 0.29) is 31.0 Å². The van der Waals surface area contributed by atoms with Crippen LogP contribution in [0.4, 0.5) is 4.79 Å². The highest BCUT2D eigenvalue weighted by Crippen LogP contribution is 2.31. The van der Waals surface area contributed by atoms with E-state index in [2.05, 4.69) is 10.6 Å². The van der Waals surface area contributed by atoms with Crippen molar-refractivity contribution in [3.63, 3.8) is 0 Å². The van der Waals surface area contributed by atoms with E-state index in [0.717, 1.165) is 30.6 Å². The van der Waals surface area contributed by atoms with Crippen molar-refractivity contribution in [2.75, 3.05) is 39.3 Å². The molecule has 9 nitrogen and oxygen atoms in total. The van der Waals surface area contributed by atoms with Crippen LogP contribution in [0.5, 0.6) is 11.5 Å². The van der Waals surface area contributed by atoms with Gasteiger partial charge in [0.05, 0.1) is 26.2 Å². The highest BCUT2D eigenvalue weighted by atomic mass is 16.6. The number of ether oxygens (including phenoxy) is 2. The summed E-state index contributed by atoms with van der Waals surface area (Å²) in [6.45, 7) is 2.79. The van der Waals surface area contributed by atoms with Gasteiger partial charge < -0.3 is 24.6 Å². The molecule has 3 aliphatic rings. The van der Waals surface area contributed by atoms with Gasteiger partial charge in [-0.2, -0.15) is 0 Å². The van der Waals surface area contributed by atoms with Crippen LogP contribution in [0.25, 0.3) is 0 Å². The van der Waals surface area contributed by atoms with Crippen LogP contribution < -0.4 is 25.0 Å². The fourth-order valence-corrected chi connectivity index (χ4v) is 4.25. The molecule has 2 aliphatic heterocycles. The normalized spacial score (nSPS) is 21.9. The van der Waals surface area contributed by atoms with Crippen LogP contribution >= 0.6 is 0 Å². The molecular weight excluding hydrogens is 388 g/mol. The number of nitrogens with zero attached hydrogens (tertiary/aromatic N) is 1. The van der Waals surface area contributed by atoms with Crippen molar-refractivity contribution in [1.29, 1.82) is 0 Å². The van der Waals surface area contributed by atoms with Crippen LogP contribution in [0, 0.1) is 0 Å². The number of piperazine rings is 1. The summed E-state index contributed by atoms with van der Waals surface area (Å²) in [6, 6.07) is 7.08. The first-order valence-electron chi connectivity index (χ1n) is 10.7. The molecule has 0 unspecified atom stereocenters. The first-order chi connectivity index (χ1) is 14.6. The number of carbonyl (C=O) groups is 3. The summed E-state index contributed by atoms with van der Waals surface area (Å²) in [5, 5.41) is 5.28. The molecule has 1 aromatic carbocycles. The molecule has 2 fully saturated rings. The van der Waals surface area contributed by atoms with E-state index in [4.69, 9.17) is 9.47 Å². The van der Waals surface area contributed by atoms with Gasteiger partial charge >= 0.3 is 6.03 Å². The molecule has 4 rings (SSSR count). The number of rotatable bonds is 4. The van der Waals surface area contributed by atoms with Crippen LogP contribution in [0.2, 0.25) is 0 Å². The minimum atomic E-state index is -0.649.